The van der Waals surface area contributed by atoms with Gasteiger partial charge in [-0.05, 0) is 31.5 Å². The largest absolute Gasteiger partial charge is 0.496 e. The zero-order valence-electron chi connectivity index (χ0n) is 13.9. The van der Waals surface area contributed by atoms with Gasteiger partial charge in [0.25, 0.3) is 0 Å². The number of Topliss-reactive ketones (excluding diaryl/α,β-unsaturated/α-hetero) is 1. The lowest BCUT2D eigenvalue weighted by molar-refractivity contribution is 0.0971. The molecule has 24 heavy (non-hydrogen) atoms. The number of ketones is 3. The van der Waals surface area contributed by atoms with Crippen molar-refractivity contribution in [2.75, 3.05) is 14.2 Å². The number of hydrogen-bond donors (Lipinski definition) is 0. The Labute approximate surface area is 139 Å². The molecular weight excluding hydrogens is 308 g/mol. The molecule has 0 amide bonds. The van der Waals surface area contributed by atoms with E-state index in [2.05, 4.69) is 0 Å². The minimum atomic E-state index is -0.378. The Bertz CT molecular complexity index is 908. The molecule has 1 aliphatic rings. The third-order valence-corrected chi connectivity index (χ3v) is 4.22. The summed E-state index contributed by atoms with van der Waals surface area (Å²) < 4.78 is 10.6. The molecular formula is C19H16O5. The normalized spacial score (nSPS) is 12.5. The van der Waals surface area contributed by atoms with Crippen LogP contribution >= 0.6 is 0 Å². The maximum absolute atomic E-state index is 13.1. The van der Waals surface area contributed by atoms with Crippen molar-refractivity contribution in [1.29, 1.82) is 0 Å². The topological polar surface area (TPSA) is 69.7 Å². The lowest BCUT2D eigenvalue weighted by Gasteiger charge is -2.23. The maximum Gasteiger partial charge on any atom is 0.202 e. The summed E-state index contributed by atoms with van der Waals surface area (Å²) >= 11 is 0. The van der Waals surface area contributed by atoms with E-state index in [1.54, 1.807) is 31.2 Å². The Hall–Kier alpha value is -2.95. The molecule has 0 aromatic heterocycles. The van der Waals surface area contributed by atoms with E-state index in [9.17, 15) is 14.4 Å². The number of rotatable bonds is 3. The van der Waals surface area contributed by atoms with Crippen LogP contribution in [0.4, 0.5) is 0 Å². The minimum absolute atomic E-state index is 0.121. The summed E-state index contributed by atoms with van der Waals surface area (Å²) in [5, 5.41) is 0. The van der Waals surface area contributed by atoms with Crippen LogP contribution in [0.3, 0.4) is 0 Å². The molecule has 5 nitrogen and oxygen atoms in total. The third-order valence-electron chi connectivity index (χ3n) is 4.22. The quantitative estimate of drug-likeness (QED) is 0.693. The van der Waals surface area contributed by atoms with Crippen molar-refractivity contribution in [2.45, 2.75) is 13.8 Å². The van der Waals surface area contributed by atoms with E-state index in [-0.39, 0.29) is 39.8 Å². The van der Waals surface area contributed by atoms with Gasteiger partial charge in [-0.3, -0.25) is 14.4 Å². The maximum atomic E-state index is 13.1. The zero-order valence-corrected chi connectivity index (χ0v) is 13.9. The van der Waals surface area contributed by atoms with Gasteiger partial charge in [0.15, 0.2) is 11.6 Å². The van der Waals surface area contributed by atoms with Crippen LogP contribution in [-0.4, -0.2) is 31.6 Å². The van der Waals surface area contributed by atoms with Crippen LogP contribution in [0.1, 0.15) is 54.7 Å². The summed E-state index contributed by atoms with van der Waals surface area (Å²) in [6.07, 6.45) is 0. The molecule has 2 aromatic rings. The molecule has 1 aliphatic carbocycles. The van der Waals surface area contributed by atoms with Gasteiger partial charge in [-0.2, -0.15) is 0 Å². The van der Waals surface area contributed by atoms with Crippen LogP contribution in [-0.2, 0) is 0 Å². The van der Waals surface area contributed by atoms with E-state index >= 15 is 0 Å². The highest BCUT2D eigenvalue weighted by Gasteiger charge is 2.36. The smallest absolute Gasteiger partial charge is 0.202 e. The molecule has 0 N–H and O–H groups in total. The third kappa shape index (κ3) is 2.05. The number of ether oxygens (including phenoxy) is 2. The van der Waals surface area contributed by atoms with Gasteiger partial charge in [-0.1, -0.05) is 12.1 Å². The van der Waals surface area contributed by atoms with Crippen molar-refractivity contribution in [3.63, 3.8) is 0 Å². The minimum Gasteiger partial charge on any atom is -0.496 e. The van der Waals surface area contributed by atoms with Crippen LogP contribution in [0.25, 0.3) is 0 Å². The Kier molecular flexibility index (Phi) is 3.72. The molecule has 5 heteroatoms. The van der Waals surface area contributed by atoms with E-state index in [1.165, 1.54) is 21.1 Å². The summed E-state index contributed by atoms with van der Waals surface area (Å²) in [6.45, 7) is 3.12. The number of benzene rings is 2. The van der Waals surface area contributed by atoms with Gasteiger partial charge in [0.05, 0.1) is 30.9 Å². The van der Waals surface area contributed by atoms with E-state index in [4.69, 9.17) is 9.47 Å². The second-order valence-electron chi connectivity index (χ2n) is 5.62. The Morgan fingerprint density at radius 3 is 2.25 bits per heavy atom. The first-order valence-corrected chi connectivity index (χ1v) is 7.41. The molecule has 0 bridgehead atoms. The Morgan fingerprint density at radius 1 is 0.958 bits per heavy atom. The van der Waals surface area contributed by atoms with Gasteiger partial charge in [-0.15, -0.1) is 0 Å². The van der Waals surface area contributed by atoms with Gasteiger partial charge < -0.3 is 9.47 Å². The molecule has 0 unspecified atom stereocenters. The highest BCUT2D eigenvalue weighted by atomic mass is 16.5. The van der Waals surface area contributed by atoms with Crippen molar-refractivity contribution in [2.24, 2.45) is 0 Å². The average Bonchev–Trinajstić information content (AvgIpc) is 2.57. The molecule has 3 rings (SSSR count). The predicted molar refractivity (Wildman–Crippen MR) is 87.6 cm³/mol. The first-order valence-electron chi connectivity index (χ1n) is 7.41. The molecule has 0 radical (unpaired) electrons. The summed E-state index contributed by atoms with van der Waals surface area (Å²) in [4.78, 5) is 37.9. The fourth-order valence-electron chi connectivity index (χ4n) is 3.23. The Balaban J connectivity index is 2.41. The van der Waals surface area contributed by atoms with Crippen molar-refractivity contribution < 1.29 is 23.9 Å². The van der Waals surface area contributed by atoms with Crippen LogP contribution in [0, 0.1) is 6.92 Å². The van der Waals surface area contributed by atoms with Gasteiger partial charge in [0, 0.05) is 11.1 Å². The van der Waals surface area contributed by atoms with E-state index in [1.807, 2.05) is 0 Å². The Morgan fingerprint density at radius 2 is 1.67 bits per heavy atom. The van der Waals surface area contributed by atoms with Crippen molar-refractivity contribution in [1.82, 2.24) is 0 Å². The van der Waals surface area contributed by atoms with Crippen LogP contribution in [0.5, 0.6) is 11.5 Å². The monoisotopic (exact) mass is 324 g/mol. The van der Waals surface area contributed by atoms with E-state index < -0.39 is 0 Å². The van der Waals surface area contributed by atoms with Gasteiger partial charge in [0.2, 0.25) is 5.78 Å². The molecule has 0 heterocycles. The van der Waals surface area contributed by atoms with Crippen LogP contribution in [0.15, 0.2) is 24.3 Å². The first-order chi connectivity index (χ1) is 11.4. The summed E-state index contributed by atoms with van der Waals surface area (Å²) in [5.74, 6) is -0.416. The molecule has 2 aromatic carbocycles. The molecule has 122 valence electrons. The number of methoxy groups -OCH3 is 2. The fraction of sp³-hybridized carbons (Fsp3) is 0.211. The number of fused-ring (bicyclic) bond motifs is 2. The lowest BCUT2D eigenvalue weighted by atomic mass is 9.80. The van der Waals surface area contributed by atoms with Crippen molar-refractivity contribution in [3.8, 4) is 11.5 Å². The van der Waals surface area contributed by atoms with Crippen LogP contribution < -0.4 is 9.47 Å². The molecule has 0 spiro atoms. The number of carbonyl (C=O) groups excluding carboxylic acids is 3. The van der Waals surface area contributed by atoms with Gasteiger partial charge in [-0.25, -0.2) is 0 Å². The van der Waals surface area contributed by atoms with Crippen molar-refractivity contribution in [3.05, 3.63) is 57.6 Å². The molecule has 0 fully saturated rings. The summed E-state index contributed by atoms with van der Waals surface area (Å²) in [6, 6.07) is 6.47. The highest BCUT2D eigenvalue weighted by molar-refractivity contribution is 6.31. The van der Waals surface area contributed by atoms with E-state index in [0.717, 1.165) is 0 Å². The van der Waals surface area contributed by atoms with E-state index in [0.29, 0.717) is 22.4 Å². The molecule has 0 saturated heterocycles. The standard InChI is InChI=1S/C19H16O5/c1-9-8-12-16(19(24-4)14(9)10(2)20)18(22)15-11(17(12)21)6-5-7-13(15)23-3/h5-8H,1-4H3. The fourth-order valence-corrected chi connectivity index (χ4v) is 3.23. The number of carbonyl (C=O) groups is 3. The van der Waals surface area contributed by atoms with Gasteiger partial charge >= 0.3 is 0 Å². The molecule has 0 atom stereocenters. The molecule has 0 saturated carbocycles. The second kappa shape index (κ2) is 5.60. The summed E-state index contributed by atoms with van der Waals surface area (Å²) in [7, 11) is 2.83. The average molecular weight is 324 g/mol. The lowest BCUT2D eigenvalue weighted by Crippen LogP contribution is -2.24. The van der Waals surface area contributed by atoms with Crippen LogP contribution in [0.2, 0.25) is 0 Å². The predicted octanol–water partition coefficient (Wildman–Crippen LogP) is 2.99. The SMILES string of the molecule is COc1cccc2c1C(=O)c1c(cc(C)c(C(C)=O)c1OC)C2=O. The van der Waals surface area contributed by atoms with Gasteiger partial charge in [0.1, 0.15) is 11.5 Å². The molecule has 0 aliphatic heterocycles. The second-order valence-corrected chi connectivity index (χ2v) is 5.62. The zero-order chi connectivity index (χ0) is 17.6. The number of aryl methyl sites for hydroxylation is 1. The van der Waals surface area contributed by atoms with Crippen molar-refractivity contribution >= 4 is 17.3 Å². The first kappa shape index (κ1) is 15.9. The highest BCUT2D eigenvalue weighted by Crippen LogP contribution is 2.40. The number of hydrogen-bond acceptors (Lipinski definition) is 5. The summed E-state index contributed by atoms with van der Waals surface area (Å²) in [5.41, 5.74) is 1.79.